The largest absolute Gasteiger partial charge is 0.380 e. The Morgan fingerprint density at radius 2 is 2.15 bits per heavy atom. The van der Waals surface area contributed by atoms with Crippen molar-refractivity contribution in [3.8, 4) is 11.3 Å². The summed E-state index contributed by atoms with van der Waals surface area (Å²) in [5.74, 6) is 0. The summed E-state index contributed by atoms with van der Waals surface area (Å²) in [7, 11) is 0. The molecule has 20 heavy (non-hydrogen) atoms. The Labute approximate surface area is 118 Å². The van der Waals surface area contributed by atoms with Gasteiger partial charge in [0.15, 0.2) is 0 Å². The number of hydrogen-bond donors (Lipinski definition) is 2. The smallest absolute Gasteiger partial charge is 0.117 e. The highest BCUT2D eigenvalue weighted by Crippen LogP contribution is 2.22. The van der Waals surface area contributed by atoms with Crippen LogP contribution in [0, 0.1) is 0 Å². The van der Waals surface area contributed by atoms with Gasteiger partial charge in [0.25, 0.3) is 0 Å². The monoisotopic (exact) mass is 272 g/mol. The van der Waals surface area contributed by atoms with Crippen LogP contribution in [0.2, 0.25) is 0 Å². The van der Waals surface area contributed by atoms with Crippen LogP contribution in [0.4, 0.5) is 0 Å². The molecule has 2 N–H and O–H groups in total. The fourth-order valence-electron chi connectivity index (χ4n) is 2.57. The molecule has 5 nitrogen and oxygen atoms in total. The highest BCUT2D eigenvalue weighted by atomic mass is 16.5. The molecule has 1 aromatic heterocycles. The Morgan fingerprint density at radius 3 is 2.90 bits per heavy atom. The Kier molecular flexibility index (Phi) is 3.80. The molecule has 106 valence electrons. The van der Waals surface area contributed by atoms with Crippen molar-refractivity contribution in [2.75, 3.05) is 13.2 Å². The van der Waals surface area contributed by atoms with Crippen molar-refractivity contribution in [2.45, 2.75) is 31.8 Å². The molecule has 1 unspecified atom stereocenters. The summed E-state index contributed by atoms with van der Waals surface area (Å²) >= 11 is 0. The fraction of sp³-hybridized carbons (Fsp3) is 0.467. The highest BCUT2D eigenvalue weighted by Gasteiger charge is 2.27. The number of aromatic nitrogens is 3. The van der Waals surface area contributed by atoms with Crippen molar-refractivity contribution >= 4 is 0 Å². The van der Waals surface area contributed by atoms with Crippen molar-refractivity contribution in [3.63, 3.8) is 0 Å². The fourth-order valence-corrected chi connectivity index (χ4v) is 2.57. The molecular formula is C15H20N4O. The summed E-state index contributed by atoms with van der Waals surface area (Å²) in [5, 5.41) is 14.8. The first-order valence-corrected chi connectivity index (χ1v) is 7.05. The molecule has 5 heteroatoms. The lowest BCUT2D eigenvalue weighted by Gasteiger charge is -2.34. The Bertz CT molecular complexity index is 546. The van der Waals surface area contributed by atoms with Crippen molar-refractivity contribution in [2.24, 2.45) is 0 Å². The molecule has 0 radical (unpaired) electrons. The predicted molar refractivity (Wildman–Crippen MR) is 77.1 cm³/mol. The minimum atomic E-state index is 0.0329. The van der Waals surface area contributed by atoms with Gasteiger partial charge in [0.2, 0.25) is 0 Å². The molecule has 0 spiro atoms. The minimum absolute atomic E-state index is 0.0329. The first-order chi connectivity index (χ1) is 9.77. The zero-order valence-electron chi connectivity index (χ0n) is 11.7. The van der Waals surface area contributed by atoms with E-state index in [1.807, 2.05) is 30.3 Å². The van der Waals surface area contributed by atoms with E-state index in [-0.39, 0.29) is 5.54 Å². The third-order valence-electron chi connectivity index (χ3n) is 3.79. The van der Waals surface area contributed by atoms with Crippen molar-refractivity contribution in [1.82, 2.24) is 20.7 Å². The normalized spacial score (nSPS) is 22.9. The van der Waals surface area contributed by atoms with Gasteiger partial charge in [-0.25, -0.2) is 0 Å². The second kappa shape index (κ2) is 5.73. The van der Waals surface area contributed by atoms with E-state index in [1.54, 1.807) is 0 Å². The van der Waals surface area contributed by atoms with Crippen LogP contribution in [0.15, 0.2) is 30.3 Å². The van der Waals surface area contributed by atoms with Crippen LogP contribution in [-0.2, 0) is 11.3 Å². The molecule has 1 aliphatic rings. The molecule has 2 heterocycles. The van der Waals surface area contributed by atoms with Gasteiger partial charge in [-0.2, -0.15) is 15.4 Å². The second-order valence-corrected chi connectivity index (χ2v) is 5.56. The molecule has 0 bridgehead atoms. The van der Waals surface area contributed by atoms with Crippen LogP contribution < -0.4 is 5.32 Å². The van der Waals surface area contributed by atoms with Crippen molar-refractivity contribution in [3.05, 3.63) is 36.0 Å². The highest BCUT2D eigenvalue weighted by molar-refractivity contribution is 5.60. The lowest BCUT2D eigenvalue weighted by atomic mass is 9.94. The molecule has 0 aliphatic carbocycles. The molecule has 1 fully saturated rings. The van der Waals surface area contributed by atoms with E-state index >= 15 is 0 Å². The number of aromatic amines is 1. The van der Waals surface area contributed by atoms with Gasteiger partial charge in [-0.15, -0.1) is 0 Å². The summed E-state index contributed by atoms with van der Waals surface area (Å²) in [6.07, 6.45) is 2.24. The molecule has 0 saturated carbocycles. The van der Waals surface area contributed by atoms with Crippen LogP contribution >= 0.6 is 0 Å². The van der Waals surface area contributed by atoms with Crippen LogP contribution in [0.1, 0.15) is 25.5 Å². The van der Waals surface area contributed by atoms with Crippen LogP contribution in [0.3, 0.4) is 0 Å². The molecule has 1 atom stereocenters. The maximum atomic E-state index is 5.56. The molecule has 1 saturated heterocycles. The number of nitrogens with one attached hydrogen (secondary N) is 2. The molecule has 0 amide bonds. The van der Waals surface area contributed by atoms with E-state index in [4.69, 9.17) is 4.74 Å². The average Bonchev–Trinajstić information content (AvgIpc) is 2.95. The van der Waals surface area contributed by atoms with Gasteiger partial charge in [-0.3, -0.25) is 0 Å². The zero-order chi connectivity index (χ0) is 13.8. The number of hydrogen-bond acceptors (Lipinski definition) is 4. The first-order valence-electron chi connectivity index (χ1n) is 7.05. The number of nitrogens with zero attached hydrogens (tertiary/aromatic N) is 2. The standard InChI is InChI=1S/C15H20N4O/c1-15(8-5-9-20-11-15)16-10-13-14(18-19-17-13)12-6-3-2-4-7-12/h2-4,6-7,16H,5,8-11H2,1H3,(H,17,18,19). The summed E-state index contributed by atoms with van der Waals surface area (Å²) in [6, 6.07) is 10.1. The number of H-pyrrole nitrogens is 1. The zero-order valence-corrected chi connectivity index (χ0v) is 11.7. The van der Waals surface area contributed by atoms with Gasteiger partial charge >= 0.3 is 0 Å². The maximum absolute atomic E-state index is 5.56. The third-order valence-corrected chi connectivity index (χ3v) is 3.79. The number of ether oxygens (including phenoxy) is 1. The van der Waals surface area contributed by atoms with Gasteiger partial charge in [0.05, 0.1) is 6.61 Å². The number of benzene rings is 1. The summed E-state index contributed by atoms with van der Waals surface area (Å²) in [4.78, 5) is 0. The molecular weight excluding hydrogens is 252 g/mol. The van der Waals surface area contributed by atoms with Gasteiger partial charge < -0.3 is 10.1 Å². The predicted octanol–water partition coefficient (Wildman–Crippen LogP) is 2.13. The Morgan fingerprint density at radius 1 is 1.30 bits per heavy atom. The molecule has 3 rings (SSSR count). The van der Waals surface area contributed by atoms with Crippen molar-refractivity contribution < 1.29 is 4.74 Å². The van der Waals surface area contributed by atoms with E-state index in [0.29, 0.717) is 6.54 Å². The minimum Gasteiger partial charge on any atom is -0.380 e. The third kappa shape index (κ3) is 2.89. The average molecular weight is 272 g/mol. The van der Waals surface area contributed by atoms with Gasteiger partial charge in [0.1, 0.15) is 11.4 Å². The summed E-state index contributed by atoms with van der Waals surface area (Å²) < 4.78 is 5.56. The summed E-state index contributed by atoms with van der Waals surface area (Å²) in [5.41, 5.74) is 2.98. The topological polar surface area (TPSA) is 62.8 Å². The van der Waals surface area contributed by atoms with Gasteiger partial charge in [-0.05, 0) is 19.8 Å². The number of rotatable bonds is 4. The summed E-state index contributed by atoms with van der Waals surface area (Å²) in [6.45, 7) is 4.52. The van der Waals surface area contributed by atoms with Gasteiger partial charge in [0, 0.05) is 24.3 Å². The van der Waals surface area contributed by atoms with E-state index < -0.39 is 0 Å². The van der Waals surface area contributed by atoms with Crippen LogP contribution in [0.25, 0.3) is 11.3 Å². The van der Waals surface area contributed by atoms with E-state index in [1.165, 1.54) is 0 Å². The SMILES string of the molecule is CC1(NCc2n[nH]nc2-c2ccccc2)CCCOC1. The second-order valence-electron chi connectivity index (χ2n) is 5.56. The van der Waals surface area contributed by atoms with Gasteiger partial charge in [-0.1, -0.05) is 30.3 Å². The van der Waals surface area contributed by atoms with E-state index in [9.17, 15) is 0 Å². The maximum Gasteiger partial charge on any atom is 0.117 e. The van der Waals surface area contributed by atoms with E-state index in [0.717, 1.165) is 43.0 Å². The lowest BCUT2D eigenvalue weighted by Crippen LogP contribution is -2.48. The first kappa shape index (κ1) is 13.3. The lowest BCUT2D eigenvalue weighted by molar-refractivity contribution is 0.0276. The Hall–Kier alpha value is -1.72. The van der Waals surface area contributed by atoms with Crippen molar-refractivity contribution in [1.29, 1.82) is 0 Å². The molecule has 2 aromatic rings. The molecule has 1 aliphatic heterocycles. The Balaban J connectivity index is 1.71. The van der Waals surface area contributed by atoms with E-state index in [2.05, 4.69) is 27.7 Å². The quantitative estimate of drug-likeness (QED) is 0.895. The van der Waals surface area contributed by atoms with Crippen LogP contribution in [-0.4, -0.2) is 34.2 Å². The van der Waals surface area contributed by atoms with Crippen LogP contribution in [0.5, 0.6) is 0 Å². The molecule has 1 aromatic carbocycles.